The number of hydrogen-bond donors (Lipinski definition) is 2. The fourth-order valence-corrected chi connectivity index (χ4v) is 1.47. The molecular weight excluding hydrogens is 255 g/mol. The van der Waals surface area contributed by atoms with E-state index in [0.717, 1.165) is 6.42 Å². The van der Waals surface area contributed by atoms with Gasteiger partial charge in [0.1, 0.15) is 5.82 Å². The molecule has 1 amide bonds. The summed E-state index contributed by atoms with van der Waals surface area (Å²) in [6.45, 7) is 4.98. The molecule has 5 heteroatoms. The quantitative estimate of drug-likeness (QED) is 0.836. The molecule has 18 heavy (non-hydrogen) atoms. The summed E-state index contributed by atoms with van der Waals surface area (Å²) in [5.41, 5.74) is 0.538. The topological polar surface area (TPSA) is 41.1 Å². The second-order valence-corrected chi connectivity index (χ2v) is 4.92. The van der Waals surface area contributed by atoms with E-state index in [1.807, 2.05) is 0 Å². The van der Waals surface area contributed by atoms with Gasteiger partial charge in [-0.3, -0.25) is 4.79 Å². The van der Waals surface area contributed by atoms with Crippen LogP contribution in [0.5, 0.6) is 0 Å². The van der Waals surface area contributed by atoms with Gasteiger partial charge in [0.2, 0.25) is 5.91 Å². The summed E-state index contributed by atoms with van der Waals surface area (Å²) in [5, 5.41) is 5.70. The van der Waals surface area contributed by atoms with Crippen LogP contribution in [0.15, 0.2) is 18.2 Å². The molecule has 0 aliphatic rings. The Kier molecular flexibility index (Phi) is 5.92. The largest absolute Gasteiger partial charge is 0.376 e. The van der Waals surface area contributed by atoms with Gasteiger partial charge >= 0.3 is 0 Å². The molecule has 0 bridgehead atoms. The molecule has 1 aromatic carbocycles. The van der Waals surface area contributed by atoms with Crippen LogP contribution in [-0.4, -0.2) is 19.0 Å². The van der Waals surface area contributed by atoms with Crippen molar-refractivity contribution in [2.24, 2.45) is 5.92 Å². The lowest BCUT2D eigenvalue weighted by atomic mass is 10.1. The maximum Gasteiger partial charge on any atom is 0.239 e. The zero-order chi connectivity index (χ0) is 13.5. The Bertz CT molecular complexity index is 410. The van der Waals surface area contributed by atoms with E-state index in [9.17, 15) is 9.18 Å². The van der Waals surface area contributed by atoms with Crippen LogP contribution in [0.4, 0.5) is 10.1 Å². The van der Waals surface area contributed by atoms with Crippen LogP contribution in [0.2, 0.25) is 5.02 Å². The molecule has 0 saturated heterocycles. The number of amides is 1. The summed E-state index contributed by atoms with van der Waals surface area (Å²) in [7, 11) is 0. The lowest BCUT2D eigenvalue weighted by Gasteiger charge is -2.09. The molecule has 1 aromatic rings. The number of benzene rings is 1. The molecule has 0 spiro atoms. The predicted molar refractivity (Wildman–Crippen MR) is 72.4 cm³/mol. The highest BCUT2D eigenvalue weighted by atomic mass is 35.5. The lowest BCUT2D eigenvalue weighted by Crippen LogP contribution is -2.31. The second-order valence-electron chi connectivity index (χ2n) is 4.51. The Morgan fingerprint density at radius 1 is 1.44 bits per heavy atom. The van der Waals surface area contributed by atoms with Crippen LogP contribution in [0, 0.1) is 11.7 Å². The van der Waals surface area contributed by atoms with Crippen molar-refractivity contribution < 1.29 is 9.18 Å². The molecule has 0 aliphatic carbocycles. The van der Waals surface area contributed by atoms with Crippen molar-refractivity contribution in [1.82, 2.24) is 5.32 Å². The Balaban J connectivity index is 2.31. The van der Waals surface area contributed by atoms with Crippen molar-refractivity contribution in [2.75, 3.05) is 18.4 Å². The first-order valence-electron chi connectivity index (χ1n) is 5.94. The van der Waals surface area contributed by atoms with Crippen molar-refractivity contribution in [3.8, 4) is 0 Å². The van der Waals surface area contributed by atoms with Gasteiger partial charge in [-0.15, -0.1) is 0 Å². The fraction of sp³-hybridized carbons (Fsp3) is 0.462. The summed E-state index contributed by atoms with van der Waals surface area (Å²) in [4.78, 5) is 11.5. The molecule has 2 N–H and O–H groups in total. The van der Waals surface area contributed by atoms with Gasteiger partial charge in [0.05, 0.1) is 11.6 Å². The van der Waals surface area contributed by atoms with E-state index in [1.165, 1.54) is 12.1 Å². The SMILES string of the molecule is CC(C)CCNC(=O)CNc1ccc(Cl)c(F)c1. The Hall–Kier alpha value is -1.29. The van der Waals surface area contributed by atoms with Crippen molar-refractivity contribution in [3.05, 3.63) is 29.0 Å². The molecule has 0 unspecified atom stereocenters. The van der Waals surface area contributed by atoms with Crippen LogP contribution >= 0.6 is 11.6 Å². The summed E-state index contributed by atoms with van der Waals surface area (Å²) < 4.78 is 13.1. The highest BCUT2D eigenvalue weighted by Gasteiger charge is 2.04. The maximum atomic E-state index is 13.1. The Morgan fingerprint density at radius 3 is 2.78 bits per heavy atom. The minimum atomic E-state index is -0.498. The minimum absolute atomic E-state index is 0.0712. The molecular formula is C13H18ClFN2O. The molecule has 100 valence electrons. The molecule has 0 aromatic heterocycles. The monoisotopic (exact) mass is 272 g/mol. The molecule has 1 rings (SSSR count). The van der Waals surface area contributed by atoms with Crippen LogP contribution in [-0.2, 0) is 4.79 Å². The predicted octanol–water partition coefficient (Wildman–Crippen LogP) is 3.05. The van der Waals surface area contributed by atoms with Gasteiger partial charge < -0.3 is 10.6 Å². The maximum absolute atomic E-state index is 13.1. The number of carbonyl (C=O) groups excluding carboxylic acids is 1. The van der Waals surface area contributed by atoms with Gasteiger partial charge in [0, 0.05) is 12.2 Å². The smallest absolute Gasteiger partial charge is 0.239 e. The number of carbonyl (C=O) groups is 1. The normalized spacial score (nSPS) is 10.5. The van der Waals surface area contributed by atoms with E-state index in [-0.39, 0.29) is 17.5 Å². The van der Waals surface area contributed by atoms with Gasteiger partial charge in [-0.1, -0.05) is 25.4 Å². The van der Waals surface area contributed by atoms with Crippen LogP contribution in [0.25, 0.3) is 0 Å². The standard InChI is InChI=1S/C13H18ClFN2O/c1-9(2)5-6-16-13(18)8-17-10-3-4-11(14)12(15)7-10/h3-4,7,9,17H,5-6,8H2,1-2H3,(H,16,18). The molecule has 0 radical (unpaired) electrons. The van der Waals surface area contributed by atoms with E-state index in [4.69, 9.17) is 11.6 Å². The molecule has 0 atom stereocenters. The van der Waals surface area contributed by atoms with E-state index >= 15 is 0 Å². The first-order chi connectivity index (χ1) is 8.49. The van der Waals surface area contributed by atoms with Crippen molar-refractivity contribution in [2.45, 2.75) is 20.3 Å². The van der Waals surface area contributed by atoms with Crippen molar-refractivity contribution in [3.63, 3.8) is 0 Å². The van der Waals surface area contributed by atoms with Crippen LogP contribution in [0.3, 0.4) is 0 Å². The van der Waals surface area contributed by atoms with Gasteiger partial charge in [-0.05, 0) is 30.5 Å². The van der Waals surface area contributed by atoms with E-state index in [2.05, 4.69) is 24.5 Å². The molecule has 0 heterocycles. The third kappa shape index (κ3) is 5.36. The van der Waals surface area contributed by atoms with Crippen molar-refractivity contribution in [1.29, 1.82) is 0 Å². The number of rotatable bonds is 6. The average Bonchev–Trinajstić information content (AvgIpc) is 2.30. The highest BCUT2D eigenvalue weighted by molar-refractivity contribution is 6.30. The van der Waals surface area contributed by atoms with Crippen LogP contribution < -0.4 is 10.6 Å². The van der Waals surface area contributed by atoms with Gasteiger partial charge in [-0.2, -0.15) is 0 Å². The van der Waals surface area contributed by atoms with Gasteiger partial charge in [0.25, 0.3) is 0 Å². The van der Waals surface area contributed by atoms with E-state index in [1.54, 1.807) is 6.07 Å². The molecule has 0 aliphatic heterocycles. The van der Waals surface area contributed by atoms with Crippen molar-refractivity contribution >= 4 is 23.2 Å². The second kappa shape index (κ2) is 7.21. The third-order valence-electron chi connectivity index (χ3n) is 2.42. The zero-order valence-corrected chi connectivity index (χ0v) is 11.4. The molecule has 3 nitrogen and oxygen atoms in total. The first kappa shape index (κ1) is 14.8. The fourth-order valence-electron chi connectivity index (χ4n) is 1.35. The van der Waals surface area contributed by atoms with E-state index < -0.39 is 5.82 Å². The molecule has 0 saturated carbocycles. The summed E-state index contributed by atoms with van der Waals surface area (Å²) in [5.74, 6) is -0.0449. The first-order valence-corrected chi connectivity index (χ1v) is 6.32. The average molecular weight is 273 g/mol. The van der Waals surface area contributed by atoms with E-state index in [0.29, 0.717) is 18.2 Å². The molecule has 0 fully saturated rings. The summed E-state index contributed by atoms with van der Waals surface area (Å²) in [6, 6.07) is 4.35. The number of halogens is 2. The number of hydrogen-bond acceptors (Lipinski definition) is 2. The minimum Gasteiger partial charge on any atom is -0.376 e. The lowest BCUT2D eigenvalue weighted by molar-refractivity contribution is -0.119. The van der Waals surface area contributed by atoms with Crippen LogP contribution in [0.1, 0.15) is 20.3 Å². The summed E-state index contributed by atoms with van der Waals surface area (Å²) >= 11 is 5.56. The zero-order valence-electron chi connectivity index (χ0n) is 10.6. The number of nitrogens with one attached hydrogen (secondary N) is 2. The van der Waals surface area contributed by atoms with Gasteiger partial charge in [0.15, 0.2) is 0 Å². The highest BCUT2D eigenvalue weighted by Crippen LogP contribution is 2.18. The van der Waals surface area contributed by atoms with Gasteiger partial charge in [-0.25, -0.2) is 4.39 Å². The summed E-state index contributed by atoms with van der Waals surface area (Å²) in [6.07, 6.45) is 0.946. The Labute approximate surface area is 112 Å². The Morgan fingerprint density at radius 2 is 2.17 bits per heavy atom. The third-order valence-corrected chi connectivity index (χ3v) is 2.72. The number of anilines is 1.